The van der Waals surface area contributed by atoms with E-state index in [4.69, 9.17) is 0 Å². The van der Waals surface area contributed by atoms with Crippen LogP contribution < -0.4 is 5.32 Å². The number of nitrogens with one attached hydrogen (secondary N) is 1. The van der Waals surface area contributed by atoms with Crippen molar-refractivity contribution >= 4 is 11.8 Å². The van der Waals surface area contributed by atoms with E-state index in [2.05, 4.69) is 10.3 Å². The predicted octanol–water partition coefficient (Wildman–Crippen LogP) is 0.963. The SMILES string of the molecule is O=C(NCC(=O)N1CCCCC1)c1ccc(F)nc1. The first kappa shape index (κ1) is 13.5. The minimum Gasteiger partial charge on any atom is -0.343 e. The lowest BCUT2D eigenvalue weighted by Gasteiger charge is -2.26. The van der Waals surface area contributed by atoms with Crippen LogP contribution in [0, 0.1) is 5.95 Å². The van der Waals surface area contributed by atoms with E-state index < -0.39 is 11.9 Å². The Bertz CT molecular complexity index is 455. The summed E-state index contributed by atoms with van der Waals surface area (Å²) in [4.78, 5) is 28.7. The van der Waals surface area contributed by atoms with E-state index in [0.29, 0.717) is 0 Å². The maximum absolute atomic E-state index is 12.6. The van der Waals surface area contributed by atoms with Gasteiger partial charge in [-0.1, -0.05) is 0 Å². The number of pyridine rings is 1. The van der Waals surface area contributed by atoms with Crippen LogP contribution in [0.5, 0.6) is 0 Å². The molecule has 19 heavy (non-hydrogen) atoms. The van der Waals surface area contributed by atoms with Crippen molar-refractivity contribution in [2.45, 2.75) is 19.3 Å². The number of hydrogen-bond donors (Lipinski definition) is 1. The number of amides is 2. The molecule has 1 aliphatic heterocycles. The summed E-state index contributed by atoms with van der Waals surface area (Å²) in [6.45, 7) is 1.48. The summed E-state index contributed by atoms with van der Waals surface area (Å²) in [5.41, 5.74) is 0.243. The van der Waals surface area contributed by atoms with Gasteiger partial charge in [0, 0.05) is 19.3 Å². The average molecular weight is 265 g/mol. The highest BCUT2D eigenvalue weighted by Crippen LogP contribution is 2.08. The van der Waals surface area contributed by atoms with Crippen LogP contribution in [0.4, 0.5) is 4.39 Å². The minimum atomic E-state index is -0.638. The molecule has 0 aliphatic carbocycles. The molecule has 0 atom stereocenters. The van der Waals surface area contributed by atoms with Crippen LogP contribution in [-0.2, 0) is 4.79 Å². The third kappa shape index (κ3) is 3.74. The van der Waals surface area contributed by atoms with Crippen molar-refractivity contribution in [2.24, 2.45) is 0 Å². The molecule has 1 N–H and O–H groups in total. The summed E-state index contributed by atoms with van der Waals surface area (Å²) in [7, 11) is 0. The van der Waals surface area contributed by atoms with Gasteiger partial charge < -0.3 is 10.2 Å². The van der Waals surface area contributed by atoms with Gasteiger partial charge in [-0.3, -0.25) is 9.59 Å². The van der Waals surface area contributed by atoms with Gasteiger partial charge >= 0.3 is 0 Å². The van der Waals surface area contributed by atoms with Gasteiger partial charge in [-0.2, -0.15) is 4.39 Å². The summed E-state index contributed by atoms with van der Waals surface area (Å²) in [5, 5.41) is 2.52. The number of halogens is 1. The second-order valence-corrected chi connectivity index (χ2v) is 4.49. The van der Waals surface area contributed by atoms with Crippen molar-refractivity contribution in [2.75, 3.05) is 19.6 Å². The van der Waals surface area contributed by atoms with Crippen molar-refractivity contribution in [3.05, 3.63) is 29.8 Å². The summed E-state index contributed by atoms with van der Waals surface area (Å²) in [6, 6.07) is 2.45. The summed E-state index contributed by atoms with van der Waals surface area (Å²) >= 11 is 0. The van der Waals surface area contributed by atoms with Gasteiger partial charge in [0.05, 0.1) is 12.1 Å². The Morgan fingerprint density at radius 3 is 2.63 bits per heavy atom. The van der Waals surface area contributed by atoms with Gasteiger partial charge in [0.1, 0.15) is 0 Å². The van der Waals surface area contributed by atoms with Gasteiger partial charge in [0.2, 0.25) is 11.9 Å². The molecule has 1 aromatic rings. The summed E-state index contributed by atoms with van der Waals surface area (Å²) in [6.07, 6.45) is 4.33. The molecule has 5 nitrogen and oxygen atoms in total. The zero-order valence-electron chi connectivity index (χ0n) is 10.6. The lowest BCUT2D eigenvalue weighted by atomic mass is 10.1. The first-order valence-corrected chi connectivity index (χ1v) is 6.34. The smallest absolute Gasteiger partial charge is 0.253 e. The monoisotopic (exact) mass is 265 g/mol. The van der Waals surface area contributed by atoms with Crippen LogP contribution in [0.15, 0.2) is 18.3 Å². The number of rotatable bonds is 3. The molecule has 1 aromatic heterocycles. The summed E-state index contributed by atoms with van der Waals surface area (Å²) < 4.78 is 12.6. The number of nitrogens with zero attached hydrogens (tertiary/aromatic N) is 2. The van der Waals surface area contributed by atoms with Crippen LogP contribution in [0.25, 0.3) is 0 Å². The molecule has 0 radical (unpaired) electrons. The fraction of sp³-hybridized carbons (Fsp3) is 0.462. The van der Waals surface area contributed by atoms with E-state index in [9.17, 15) is 14.0 Å². The molecule has 1 fully saturated rings. The molecule has 2 rings (SSSR count). The third-order valence-electron chi connectivity index (χ3n) is 3.10. The second kappa shape index (κ2) is 6.26. The molecule has 0 spiro atoms. The molecular weight excluding hydrogens is 249 g/mol. The van der Waals surface area contributed by atoms with E-state index >= 15 is 0 Å². The average Bonchev–Trinajstić information content (AvgIpc) is 2.46. The molecule has 2 amide bonds. The highest BCUT2D eigenvalue weighted by molar-refractivity contribution is 5.96. The highest BCUT2D eigenvalue weighted by Gasteiger charge is 2.17. The van der Waals surface area contributed by atoms with Crippen molar-refractivity contribution in [3.63, 3.8) is 0 Å². The van der Waals surface area contributed by atoms with Crippen molar-refractivity contribution in [1.29, 1.82) is 0 Å². The second-order valence-electron chi connectivity index (χ2n) is 4.49. The van der Waals surface area contributed by atoms with Crippen molar-refractivity contribution in [1.82, 2.24) is 15.2 Å². The number of carbonyl (C=O) groups is 2. The quantitative estimate of drug-likeness (QED) is 0.828. The molecule has 0 bridgehead atoms. The number of piperidine rings is 1. The van der Waals surface area contributed by atoms with Crippen LogP contribution in [0.2, 0.25) is 0 Å². The Morgan fingerprint density at radius 1 is 1.26 bits per heavy atom. The molecule has 1 aliphatic rings. The molecular formula is C13H16FN3O2. The zero-order chi connectivity index (χ0) is 13.7. The lowest BCUT2D eigenvalue weighted by Crippen LogP contribution is -2.42. The Labute approximate surface area is 110 Å². The van der Waals surface area contributed by atoms with Crippen LogP contribution in [0.1, 0.15) is 29.6 Å². The fourth-order valence-electron chi connectivity index (χ4n) is 2.02. The molecule has 0 saturated carbocycles. The minimum absolute atomic E-state index is 0.0315. The van der Waals surface area contributed by atoms with E-state index in [1.807, 2.05) is 0 Å². The van der Waals surface area contributed by atoms with Gasteiger partial charge in [0.15, 0.2) is 0 Å². The Kier molecular flexibility index (Phi) is 4.43. The molecule has 0 unspecified atom stereocenters. The largest absolute Gasteiger partial charge is 0.343 e. The van der Waals surface area contributed by atoms with Gasteiger partial charge in [-0.25, -0.2) is 4.98 Å². The number of hydrogen-bond acceptors (Lipinski definition) is 3. The lowest BCUT2D eigenvalue weighted by molar-refractivity contribution is -0.130. The Morgan fingerprint density at radius 2 is 2.00 bits per heavy atom. The first-order chi connectivity index (χ1) is 9.16. The number of aromatic nitrogens is 1. The number of likely N-dealkylation sites (tertiary alicyclic amines) is 1. The van der Waals surface area contributed by atoms with E-state index in [1.54, 1.807) is 4.90 Å². The van der Waals surface area contributed by atoms with Crippen LogP contribution in [0.3, 0.4) is 0 Å². The van der Waals surface area contributed by atoms with Crippen molar-refractivity contribution < 1.29 is 14.0 Å². The predicted molar refractivity (Wildman–Crippen MR) is 67.0 cm³/mol. The van der Waals surface area contributed by atoms with Crippen LogP contribution in [-0.4, -0.2) is 41.3 Å². The number of carbonyl (C=O) groups excluding carboxylic acids is 2. The topological polar surface area (TPSA) is 62.3 Å². The van der Waals surface area contributed by atoms with Gasteiger partial charge in [-0.15, -0.1) is 0 Å². The maximum atomic E-state index is 12.6. The van der Waals surface area contributed by atoms with E-state index in [-0.39, 0.29) is 18.0 Å². The third-order valence-corrected chi connectivity index (χ3v) is 3.10. The Balaban J connectivity index is 1.82. The van der Waals surface area contributed by atoms with E-state index in [0.717, 1.165) is 44.6 Å². The first-order valence-electron chi connectivity index (χ1n) is 6.34. The molecule has 102 valence electrons. The van der Waals surface area contributed by atoms with Gasteiger partial charge in [-0.05, 0) is 31.4 Å². The molecule has 2 heterocycles. The standard InChI is InChI=1S/C13H16FN3O2/c14-11-5-4-10(8-15-11)13(19)16-9-12(18)17-6-2-1-3-7-17/h4-5,8H,1-3,6-7,9H2,(H,16,19). The molecule has 1 saturated heterocycles. The van der Waals surface area contributed by atoms with Gasteiger partial charge in [0.25, 0.3) is 5.91 Å². The van der Waals surface area contributed by atoms with Crippen molar-refractivity contribution in [3.8, 4) is 0 Å². The zero-order valence-corrected chi connectivity index (χ0v) is 10.6. The fourth-order valence-corrected chi connectivity index (χ4v) is 2.02. The Hall–Kier alpha value is -1.98. The molecule has 0 aromatic carbocycles. The normalized spacial score (nSPS) is 15.1. The highest BCUT2D eigenvalue weighted by atomic mass is 19.1. The summed E-state index contributed by atoms with van der Waals surface area (Å²) in [5.74, 6) is -1.14. The maximum Gasteiger partial charge on any atom is 0.253 e. The molecule has 6 heteroatoms. The van der Waals surface area contributed by atoms with Crippen LogP contribution >= 0.6 is 0 Å². The van der Waals surface area contributed by atoms with E-state index in [1.165, 1.54) is 6.07 Å².